The first kappa shape index (κ1) is 28.4. The summed E-state index contributed by atoms with van der Waals surface area (Å²) in [6, 6.07) is 9.77. The van der Waals surface area contributed by atoms with Crippen LogP contribution < -0.4 is 9.47 Å². The molecule has 8 heteroatoms. The van der Waals surface area contributed by atoms with E-state index in [1.165, 1.54) is 32.4 Å². The van der Waals surface area contributed by atoms with Gasteiger partial charge in [0.2, 0.25) is 6.79 Å². The Labute approximate surface area is 238 Å². The molecule has 2 aromatic heterocycles. The van der Waals surface area contributed by atoms with Gasteiger partial charge in [-0.05, 0) is 93.9 Å². The SMILES string of the molecule is CC(C)CCN(CCC(C)C)C(=O)c1ccc2nc(-c3ccc4c(c3)OCO4)n(CCCN3CCCCC3)c2n1. The van der Waals surface area contributed by atoms with Crippen molar-refractivity contribution < 1.29 is 14.3 Å². The second kappa shape index (κ2) is 13.0. The van der Waals surface area contributed by atoms with Gasteiger partial charge in [0.05, 0.1) is 0 Å². The molecular weight excluding hydrogens is 502 g/mol. The fourth-order valence-corrected chi connectivity index (χ4v) is 5.53. The van der Waals surface area contributed by atoms with Crippen LogP contribution in [0.5, 0.6) is 11.5 Å². The number of carbonyl (C=O) groups is 1. The van der Waals surface area contributed by atoms with E-state index >= 15 is 0 Å². The highest BCUT2D eigenvalue weighted by Crippen LogP contribution is 2.36. The predicted molar refractivity (Wildman–Crippen MR) is 159 cm³/mol. The van der Waals surface area contributed by atoms with Crippen molar-refractivity contribution in [2.75, 3.05) is 39.5 Å². The number of hydrogen-bond acceptors (Lipinski definition) is 6. The minimum Gasteiger partial charge on any atom is -0.454 e. The molecule has 1 amide bonds. The first-order valence-electron chi connectivity index (χ1n) is 15.2. The third-order valence-electron chi connectivity index (χ3n) is 7.99. The van der Waals surface area contributed by atoms with Crippen LogP contribution in [0.2, 0.25) is 0 Å². The number of pyridine rings is 1. The number of piperidine rings is 1. The van der Waals surface area contributed by atoms with Gasteiger partial charge in [-0.2, -0.15) is 0 Å². The van der Waals surface area contributed by atoms with Crippen LogP contribution in [0.4, 0.5) is 0 Å². The number of ether oxygens (including phenoxy) is 2. The van der Waals surface area contributed by atoms with Crippen LogP contribution >= 0.6 is 0 Å². The molecule has 3 aromatic rings. The van der Waals surface area contributed by atoms with Gasteiger partial charge in [-0.3, -0.25) is 4.79 Å². The second-order valence-electron chi connectivity index (χ2n) is 12.1. The molecule has 8 nitrogen and oxygen atoms in total. The quantitative estimate of drug-likeness (QED) is 0.267. The van der Waals surface area contributed by atoms with Gasteiger partial charge in [0.15, 0.2) is 17.1 Å². The number of carbonyl (C=O) groups excluding carboxylic acids is 1. The van der Waals surface area contributed by atoms with E-state index in [0.717, 1.165) is 79.5 Å². The monoisotopic (exact) mass is 547 g/mol. The molecule has 0 atom stereocenters. The topological polar surface area (TPSA) is 72.7 Å². The van der Waals surface area contributed by atoms with Crippen molar-refractivity contribution in [3.8, 4) is 22.9 Å². The van der Waals surface area contributed by atoms with Gasteiger partial charge >= 0.3 is 0 Å². The molecular formula is C32H45N5O3. The summed E-state index contributed by atoms with van der Waals surface area (Å²) < 4.78 is 13.4. The Morgan fingerprint density at radius 2 is 1.62 bits per heavy atom. The molecule has 0 bridgehead atoms. The molecule has 40 heavy (non-hydrogen) atoms. The standard InChI is InChI=1S/C32H45N5O3/c1-23(2)13-19-36(20-14-24(3)4)32(38)27-11-10-26-31(34-27)37(18-8-17-35-15-6-5-7-16-35)30(33-26)25-9-12-28-29(21-25)40-22-39-28/h9-12,21,23-24H,5-8,13-20,22H2,1-4H3. The molecule has 0 aliphatic carbocycles. The molecule has 1 aromatic carbocycles. The average molecular weight is 548 g/mol. The van der Waals surface area contributed by atoms with Crippen LogP contribution in [-0.4, -0.2) is 69.8 Å². The van der Waals surface area contributed by atoms with E-state index in [4.69, 9.17) is 19.4 Å². The first-order chi connectivity index (χ1) is 19.4. The zero-order chi connectivity index (χ0) is 28.1. The summed E-state index contributed by atoms with van der Waals surface area (Å²) in [4.78, 5) is 28.3. The van der Waals surface area contributed by atoms with Crippen molar-refractivity contribution in [1.29, 1.82) is 0 Å². The van der Waals surface area contributed by atoms with E-state index in [0.29, 0.717) is 17.5 Å². The van der Waals surface area contributed by atoms with Crippen LogP contribution in [0.25, 0.3) is 22.6 Å². The molecule has 0 N–H and O–H groups in total. The minimum absolute atomic E-state index is 0.00824. The van der Waals surface area contributed by atoms with Crippen molar-refractivity contribution in [3.05, 3.63) is 36.0 Å². The number of hydrogen-bond donors (Lipinski definition) is 0. The molecule has 0 radical (unpaired) electrons. The van der Waals surface area contributed by atoms with Crippen molar-refractivity contribution in [1.82, 2.24) is 24.3 Å². The molecule has 2 aliphatic heterocycles. The lowest BCUT2D eigenvalue weighted by Gasteiger charge is -2.26. The van der Waals surface area contributed by atoms with Gasteiger partial charge in [0, 0.05) is 25.2 Å². The fourth-order valence-electron chi connectivity index (χ4n) is 5.53. The molecule has 5 rings (SSSR count). The van der Waals surface area contributed by atoms with E-state index in [-0.39, 0.29) is 12.7 Å². The van der Waals surface area contributed by atoms with Crippen molar-refractivity contribution in [2.45, 2.75) is 72.8 Å². The summed E-state index contributed by atoms with van der Waals surface area (Å²) in [6.07, 6.45) is 6.87. The Morgan fingerprint density at radius 3 is 2.35 bits per heavy atom. The third-order valence-corrected chi connectivity index (χ3v) is 7.99. The van der Waals surface area contributed by atoms with E-state index in [2.05, 4.69) is 37.2 Å². The van der Waals surface area contributed by atoms with E-state index in [1.54, 1.807) is 0 Å². The number of amides is 1. The van der Waals surface area contributed by atoms with Gasteiger partial charge in [0.25, 0.3) is 5.91 Å². The molecule has 1 fully saturated rings. The zero-order valence-electron chi connectivity index (χ0n) is 24.7. The summed E-state index contributed by atoms with van der Waals surface area (Å²) in [5.41, 5.74) is 3.03. The van der Waals surface area contributed by atoms with Gasteiger partial charge in [-0.25, -0.2) is 9.97 Å². The largest absolute Gasteiger partial charge is 0.454 e. The number of nitrogens with zero attached hydrogens (tertiary/aromatic N) is 5. The Balaban J connectivity index is 1.46. The highest BCUT2D eigenvalue weighted by molar-refractivity contribution is 5.94. The number of imidazole rings is 1. The number of fused-ring (bicyclic) bond motifs is 2. The third kappa shape index (κ3) is 6.77. The van der Waals surface area contributed by atoms with Crippen LogP contribution in [0, 0.1) is 11.8 Å². The molecule has 4 heterocycles. The number of aromatic nitrogens is 3. The second-order valence-corrected chi connectivity index (χ2v) is 12.1. The summed E-state index contributed by atoms with van der Waals surface area (Å²) in [5.74, 6) is 3.42. The zero-order valence-corrected chi connectivity index (χ0v) is 24.7. The summed E-state index contributed by atoms with van der Waals surface area (Å²) >= 11 is 0. The molecule has 0 saturated carbocycles. The summed E-state index contributed by atoms with van der Waals surface area (Å²) in [7, 11) is 0. The normalized spacial score (nSPS) is 15.4. The maximum absolute atomic E-state index is 13.7. The maximum atomic E-state index is 13.7. The number of benzene rings is 1. The Hall–Kier alpha value is -3.13. The van der Waals surface area contributed by atoms with Crippen molar-refractivity contribution in [3.63, 3.8) is 0 Å². The van der Waals surface area contributed by atoms with Crippen LogP contribution in [0.15, 0.2) is 30.3 Å². The lowest BCUT2D eigenvalue weighted by Crippen LogP contribution is -2.34. The highest BCUT2D eigenvalue weighted by Gasteiger charge is 2.22. The summed E-state index contributed by atoms with van der Waals surface area (Å²) in [6.45, 7) is 14.8. The van der Waals surface area contributed by atoms with Gasteiger partial charge < -0.3 is 23.8 Å². The maximum Gasteiger partial charge on any atom is 0.272 e. The van der Waals surface area contributed by atoms with Gasteiger partial charge in [-0.1, -0.05) is 34.1 Å². The van der Waals surface area contributed by atoms with Crippen LogP contribution in [0.3, 0.4) is 0 Å². The fraction of sp³-hybridized carbons (Fsp3) is 0.594. The van der Waals surface area contributed by atoms with Gasteiger partial charge in [-0.15, -0.1) is 0 Å². The molecule has 0 unspecified atom stereocenters. The number of likely N-dealkylation sites (tertiary alicyclic amines) is 1. The Bertz CT molecular complexity index is 1280. The first-order valence-corrected chi connectivity index (χ1v) is 15.2. The molecule has 0 spiro atoms. The van der Waals surface area contributed by atoms with Crippen LogP contribution in [-0.2, 0) is 6.54 Å². The minimum atomic E-state index is 0.00824. The molecule has 2 aliphatic rings. The van der Waals surface area contributed by atoms with E-state index in [9.17, 15) is 4.79 Å². The van der Waals surface area contributed by atoms with Crippen molar-refractivity contribution >= 4 is 17.1 Å². The highest BCUT2D eigenvalue weighted by atomic mass is 16.7. The lowest BCUT2D eigenvalue weighted by atomic mass is 10.1. The summed E-state index contributed by atoms with van der Waals surface area (Å²) in [5, 5.41) is 0. The Kier molecular flexibility index (Phi) is 9.25. The van der Waals surface area contributed by atoms with E-state index < -0.39 is 0 Å². The van der Waals surface area contributed by atoms with Crippen molar-refractivity contribution in [2.24, 2.45) is 11.8 Å². The predicted octanol–water partition coefficient (Wildman–Crippen LogP) is 6.24. The van der Waals surface area contributed by atoms with Crippen LogP contribution in [0.1, 0.15) is 76.7 Å². The average Bonchev–Trinajstić information content (AvgIpc) is 3.57. The van der Waals surface area contributed by atoms with E-state index in [1.807, 2.05) is 35.2 Å². The lowest BCUT2D eigenvalue weighted by molar-refractivity contribution is 0.0735. The van der Waals surface area contributed by atoms with Gasteiger partial charge in [0.1, 0.15) is 17.0 Å². The molecule has 1 saturated heterocycles. The number of aryl methyl sites for hydroxylation is 1. The smallest absolute Gasteiger partial charge is 0.272 e. The number of rotatable bonds is 12. The Morgan fingerprint density at radius 1 is 0.900 bits per heavy atom. The molecule has 216 valence electrons.